The standard InChI is InChI=1S/C11H24N/c1-5-12(10(2)3)8-6-11(4)7-9-12/h10-11H,5-9H2,1-4H3/q+1. The Bertz CT molecular complexity index is 132. The summed E-state index contributed by atoms with van der Waals surface area (Å²) in [7, 11) is 0. The molecule has 1 heterocycles. The molecule has 0 N–H and O–H groups in total. The van der Waals surface area contributed by atoms with Crippen LogP contribution in [0.4, 0.5) is 0 Å². The number of quaternary nitrogens is 1. The van der Waals surface area contributed by atoms with Crippen molar-refractivity contribution in [2.45, 2.75) is 46.6 Å². The Morgan fingerprint density at radius 3 is 2.08 bits per heavy atom. The van der Waals surface area contributed by atoms with E-state index in [4.69, 9.17) is 0 Å². The van der Waals surface area contributed by atoms with Crippen LogP contribution in [0.1, 0.15) is 40.5 Å². The van der Waals surface area contributed by atoms with Crippen molar-refractivity contribution in [1.29, 1.82) is 0 Å². The zero-order chi connectivity index (χ0) is 9.19. The second-order valence-corrected chi connectivity index (χ2v) is 4.76. The summed E-state index contributed by atoms with van der Waals surface area (Å²) in [4.78, 5) is 0. The van der Waals surface area contributed by atoms with E-state index in [2.05, 4.69) is 27.7 Å². The molecule has 0 aromatic carbocycles. The van der Waals surface area contributed by atoms with E-state index in [9.17, 15) is 0 Å². The van der Waals surface area contributed by atoms with Gasteiger partial charge in [-0.05, 0) is 39.5 Å². The SMILES string of the molecule is CC[N+]1(C(C)C)CCC(C)CC1. The first-order valence-corrected chi connectivity index (χ1v) is 5.46. The largest absolute Gasteiger partial charge is 0.322 e. The highest BCUT2D eigenvalue weighted by Gasteiger charge is 2.33. The van der Waals surface area contributed by atoms with Crippen molar-refractivity contribution < 1.29 is 4.48 Å². The van der Waals surface area contributed by atoms with Crippen LogP contribution in [-0.2, 0) is 0 Å². The quantitative estimate of drug-likeness (QED) is 0.559. The maximum atomic E-state index is 2.39. The number of hydrogen-bond donors (Lipinski definition) is 0. The van der Waals surface area contributed by atoms with Gasteiger partial charge < -0.3 is 4.48 Å². The lowest BCUT2D eigenvalue weighted by molar-refractivity contribution is -0.951. The van der Waals surface area contributed by atoms with Gasteiger partial charge in [0, 0.05) is 0 Å². The fourth-order valence-corrected chi connectivity index (χ4v) is 2.41. The van der Waals surface area contributed by atoms with Gasteiger partial charge in [0.2, 0.25) is 0 Å². The maximum absolute atomic E-state index is 2.39. The average Bonchev–Trinajstić information content (AvgIpc) is 2.06. The van der Waals surface area contributed by atoms with Gasteiger partial charge in [-0.15, -0.1) is 0 Å². The Kier molecular flexibility index (Phi) is 3.16. The highest BCUT2D eigenvalue weighted by molar-refractivity contribution is 4.62. The Hall–Kier alpha value is -0.0400. The fraction of sp³-hybridized carbons (Fsp3) is 1.00. The van der Waals surface area contributed by atoms with Gasteiger partial charge in [-0.25, -0.2) is 0 Å². The highest BCUT2D eigenvalue weighted by Crippen LogP contribution is 2.25. The molecule has 1 nitrogen and oxygen atoms in total. The molecule has 0 atom stereocenters. The lowest BCUT2D eigenvalue weighted by Crippen LogP contribution is -2.56. The minimum atomic E-state index is 0.822. The highest BCUT2D eigenvalue weighted by atomic mass is 15.4. The lowest BCUT2D eigenvalue weighted by Gasteiger charge is -2.45. The van der Waals surface area contributed by atoms with Crippen LogP contribution >= 0.6 is 0 Å². The summed E-state index contributed by atoms with van der Waals surface area (Å²) in [5, 5.41) is 0. The second-order valence-electron chi connectivity index (χ2n) is 4.76. The third-order valence-electron chi connectivity index (χ3n) is 3.86. The van der Waals surface area contributed by atoms with Gasteiger partial charge >= 0.3 is 0 Å². The normalized spacial score (nSPS) is 37.2. The average molecular weight is 170 g/mol. The molecular weight excluding hydrogens is 146 g/mol. The molecule has 0 aromatic heterocycles. The number of hydrogen-bond acceptors (Lipinski definition) is 0. The molecule has 12 heavy (non-hydrogen) atoms. The van der Waals surface area contributed by atoms with Crippen LogP contribution in [0.5, 0.6) is 0 Å². The van der Waals surface area contributed by atoms with Gasteiger partial charge in [0.05, 0.1) is 25.7 Å². The molecule has 1 aliphatic rings. The molecule has 0 bridgehead atoms. The molecule has 0 radical (unpaired) electrons. The molecule has 0 unspecified atom stereocenters. The summed E-state index contributed by atoms with van der Waals surface area (Å²) in [5.41, 5.74) is 0. The molecule has 1 aliphatic heterocycles. The number of nitrogens with zero attached hydrogens (tertiary/aromatic N) is 1. The fourth-order valence-electron chi connectivity index (χ4n) is 2.41. The van der Waals surface area contributed by atoms with Crippen molar-refractivity contribution in [3.63, 3.8) is 0 Å². The van der Waals surface area contributed by atoms with Gasteiger partial charge in [-0.2, -0.15) is 0 Å². The van der Waals surface area contributed by atoms with E-state index in [1.807, 2.05) is 0 Å². The van der Waals surface area contributed by atoms with Crippen molar-refractivity contribution in [3.05, 3.63) is 0 Å². The zero-order valence-electron chi connectivity index (χ0n) is 9.14. The molecule has 0 spiro atoms. The molecule has 0 aliphatic carbocycles. The van der Waals surface area contributed by atoms with Gasteiger partial charge in [-0.3, -0.25) is 0 Å². The molecule has 72 valence electrons. The van der Waals surface area contributed by atoms with E-state index in [0.29, 0.717) is 0 Å². The number of rotatable bonds is 2. The maximum Gasteiger partial charge on any atom is 0.0833 e. The number of likely N-dealkylation sites (tertiary alicyclic amines) is 1. The van der Waals surface area contributed by atoms with E-state index in [1.54, 1.807) is 0 Å². The van der Waals surface area contributed by atoms with Crippen LogP contribution in [0.15, 0.2) is 0 Å². The van der Waals surface area contributed by atoms with E-state index in [-0.39, 0.29) is 0 Å². The molecule has 1 saturated heterocycles. The van der Waals surface area contributed by atoms with Crippen LogP contribution < -0.4 is 0 Å². The third kappa shape index (κ3) is 1.82. The van der Waals surface area contributed by atoms with Crippen molar-refractivity contribution in [1.82, 2.24) is 0 Å². The predicted molar refractivity (Wildman–Crippen MR) is 54.1 cm³/mol. The Labute approximate surface area is 77.4 Å². The van der Waals surface area contributed by atoms with Crippen molar-refractivity contribution >= 4 is 0 Å². The number of piperidine rings is 1. The van der Waals surface area contributed by atoms with Crippen molar-refractivity contribution in [2.24, 2.45) is 5.92 Å². The van der Waals surface area contributed by atoms with E-state index >= 15 is 0 Å². The Balaban J connectivity index is 2.57. The molecule has 0 aromatic rings. The topological polar surface area (TPSA) is 0 Å². The van der Waals surface area contributed by atoms with Gasteiger partial charge in [-0.1, -0.05) is 6.92 Å². The molecule has 1 fully saturated rings. The van der Waals surface area contributed by atoms with E-state index in [0.717, 1.165) is 12.0 Å². The van der Waals surface area contributed by atoms with Crippen LogP contribution in [0.2, 0.25) is 0 Å². The van der Waals surface area contributed by atoms with E-state index < -0.39 is 0 Å². The van der Waals surface area contributed by atoms with Gasteiger partial charge in [0.15, 0.2) is 0 Å². The Morgan fingerprint density at radius 1 is 1.25 bits per heavy atom. The van der Waals surface area contributed by atoms with E-state index in [1.165, 1.54) is 37.0 Å². The first kappa shape index (κ1) is 10.0. The summed E-state index contributed by atoms with van der Waals surface area (Å²) in [6, 6.07) is 0.822. The second kappa shape index (κ2) is 3.78. The smallest absolute Gasteiger partial charge is 0.0833 e. The Morgan fingerprint density at radius 2 is 1.75 bits per heavy atom. The minimum absolute atomic E-state index is 0.822. The van der Waals surface area contributed by atoms with Gasteiger partial charge in [0.25, 0.3) is 0 Å². The van der Waals surface area contributed by atoms with Crippen molar-refractivity contribution in [3.8, 4) is 0 Å². The monoisotopic (exact) mass is 170 g/mol. The van der Waals surface area contributed by atoms with Gasteiger partial charge in [0.1, 0.15) is 0 Å². The molecule has 1 heteroatoms. The van der Waals surface area contributed by atoms with Crippen LogP contribution in [0.25, 0.3) is 0 Å². The summed E-state index contributed by atoms with van der Waals surface area (Å²) in [6.07, 6.45) is 2.87. The zero-order valence-corrected chi connectivity index (χ0v) is 9.14. The van der Waals surface area contributed by atoms with Crippen LogP contribution in [0, 0.1) is 5.92 Å². The summed E-state index contributed by atoms with van der Waals surface area (Å²) in [6.45, 7) is 13.6. The molecule has 0 saturated carbocycles. The summed E-state index contributed by atoms with van der Waals surface area (Å²) >= 11 is 0. The lowest BCUT2D eigenvalue weighted by atomic mass is 9.95. The van der Waals surface area contributed by atoms with Crippen molar-refractivity contribution in [2.75, 3.05) is 19.6 Å². The molecular formula is C11H24N+. The summed E-state index contributed by atoms with van der Waals surface area (Å²) in [5.74, 6) is 0.974. The van der Waals surface area contributed by atoms with Crippen LogP contribution in [0.3, 0.4) is 0 Å². The molecule has 1 rings (SSSR count). The van der Waals surface area contributed by atoms with Crippen LogP contribution in [-0.4, -0.2) is 30.2 Å². The summed E-state index contributed by atoms with van der Waals surface area (Å²) < 4.78 is 1.37. The first-order chi connectivity index (χ1) is 5.60. The first-order valence-electron chi connectivity index (χ1n) is 5.46. The minimum Gasteiger partial charge on any atom is -0.322 e. The third-order valence-corrected chi connectivity index (χ3v) is 3.86. The predicted octanol–water partition coefficient (Wildman–Crippen LogP) is 2.66. The molecule has 0 amide bonds.